The highest BCUT2D eigenvalue weighted by Crippen LogP contribution is 2.38. The molecule has 0 aliphatic heterocycles. The Hall–Kier alpha value is -2.09. The highest BCUT2D eigenvalue weighted by atomic mass is 35.5. The van der Waals surface area contributed by atoms with Crippen LogP contribution in [-0.4, -0.2) is 11.0 Å². The Balaban J connectivity index is 0.00000147. The fourth-order valence-electron chi connectivity index (χ4n) is 2.11. The van der Waals surface area contributed by atoms with E-state index in [1.807, 2.05) is 24.4 Å². The molecule has 3 N–H and O–H groups in total. The minimum absolute atomic E-state index is 0. The lowest BCUT2D eigenvalue weighted by molar-refractivity contribution is 0.981. The van der Waals surface area contributed by atoms with E-state index in [2.05, 4.69) is 22.4 Å². The van der Waals surface area contributed by atoms with Crippen molar-refractivity contribution in [2.75, 3.05) is 5.32 Å². The maximum atomic E-state index is 8.85. The number of nitrogens with two attached hydrogens (primary N) is 1. The van der Waals surface area contributed by atoms with Crippen molar-refractivity contribution in [2.45, 2.75) is 18.4 Å². The van der Waals surface area contributed by atoms with E-state index < -0.39 is 0 Å². The SMILES string of the molecule is Cl.N#Cc1cccc(Nc2ccc(C3CC3N)cn2)c1. The molecule has 3 rings (SSSR count). The van der Waals surface area contributed by atoms with Crippen LogP contribution in [0.25, 0.3) is 0 Å². The van der Waals surface area contributed by atoms with Crippen molar-refractivity contribution in [1.82, 2.24) is 4.98 Å². The summed E-state index contributed by atoms with van der Waals surface area (Å²) in [6, 6.07) is 13.7. The van der Waals surface area contributed by atoms with E-state index in [-0.39, 0.29) is 12.4 Å². The van der Waals surface area contributed by atoms with Crippen LogP contribution in [-0.2, 0) is 0 Å². The summed E-state index contributed by atoms with van der Waals surface area (Å²) >= 11 is 0. The average Bonchev–Trinajstić information content (AvgIpc) is 3.17. The van der Waals surface area contributed by atoms with Crippen LogP contribution < -0.4 is 11.1 Å². The Morgan fingerprint density at radius 3 is 2.70 bits per heavy atom. The van der Waals surface area contributed by atoms with E-state index in [9.17, 15) is 0 Å². The summed E-state index contributed by atoms with van der Waals surface area (Å²) in [7, 11) is 0. The van der Waals surface area contributed by atoms with Gasteiger partial charge < -0.3 is 11.1 Å². The smallest absolute Gasteiger partial charge is 0.130 e. The van der Waals surface area contributed by atoms with Crippen LogP contribution in [0.4, 0.5) is 11.5 Å². The number of halogens is 1. The fourth-order valence-corrected chi connectivity index (χ4v) is 2.11. The van der Waals surface area contributed by atoms with Crippen LogP contribution in [0.15, 0.2) is 42.6 Å². The van der Waals surface area contributed by atoms with Gasteiger partial charge in [0, 0.05) is 23.8 Å². The van der Waals surface area contributed by atoms with Gasteiger partial charge in [-0.3, -0.25) is 0 Å². The molecule has 2 atom stereocenters. The second kappa shape index (κ2) is 5.91. The third-order valence-electron chi connectivity index (χ3n) is 3.32. The van der Waals surface area contributed by atoms with E-state index in [1.165, 1.54) is 5.56 Å². The molecule has 2 aromatic rings. The van der Waals surface area contributed by atoms with Gasteiger partial charge in [0.15, 0.2) is 0 Å². The third-order valence-corrected chi connectivity index (χ3v) is 3.32. The fraction of sp³-hybridized carbons (Fsp3) is 0.200. The van der Waals surface area contributed by atoms with Gasteiger partial charge in [-0.2, -0.15) is 5.26 Å². The summed E-state index contributed by atoms with van der Waals surface area (Å²) < 4.78 is 0. The van der Waals surface area contributed by atoms with Crippen LogP contribution >= 0.6 is 12.4 Å². The largest absolute Gasteiger partial charge is 0.340 e. The summed E-state index contributed by atoms with van der Waals surface area (Å²) in [6.45, 7) is 0. The van der Waals surface area contributed by atoms with Gasteiger partial charge in [0.25, 0.3) is 0 Å². The van der Waals surface area contributed by atoms with Gasteiger partial charge in [0.2, 0.25) is 0 Å². The number of aromatic nitrogens is 1. The molecule has 102 valence electrons. The molecule has 1 aliphatic rings. The Morgan fingerprint density at radius 1 is 1.30 bits per heavy atom. The molecule has 0 radical (unpaired) electrons. The zero-order valence-electron chi connectivity index (χ0n) is 10.8. The van der Waals surface area contributed by atoms with E-state index in [1.54, 1.807) is 12.1 Å². The normalized spacial score (nSPS) is 19.6. The maximum absolute atomic E-state index is 8.85. The number of rotatable bonds is 3. The molecule has 1 heterocycles. The van der Waals surface area contributed by atoms with Crippen LogP contribution in [0.2, 0.25) is 0 Å². The number of nitriles is 1. The zero-order valence-corrected chi connectivity index (χ0v) is 11.6. The zero-order chi connectivity index (χ0) is 13.2. The quantitative estimate of drug-likeness (QED) is 0.910. The summed E-state index contributed by atoms with van der Waals surface area (Å²) in [5.74, 6) is 1.25. The molecule has 0 saturated heterocycles. The Bertz CT molecular complexity index is 633. The number of hydrogen-bond acceptors (Lipinski definition) is 4. The summed E-state index contributed by atoms with van der Waals surface area (Å²) in [6.07, 6.45) is 2.92. The van der Waals surface area contributed by atoms with Gasteiger partial charge in [0.1, 0.15) is 5.82 Å². The van der Waals surface area contributed by atoms with E-state index in [0.29, 0.717) is 17.5 Å². The molecular formula is C15H15ClN4. The first-order valence-corrected chi connectivity index (χ1v) is 6.25. The minimum atomic E-state index is 0. The number of pyridine rings is 1. The van der Waals surface area contributed by atoms with E-state index in [4.69, 9.17) is 11.0 Å². The van der Waals surface area contributed by atoms with Gasteiger partial charge in [-0.1, -0.05) is 12.1 Å². The number of nitrogens with one attached hydrogen (secondary N) is 1. The molecule has 1 fully saturated rings. The van der Waals surface area contributed by atoms with Gasteiger partial charge >= 0.3 is 0 Å². The number of anilines is 2. The molecule has 0 spiro atoms. The number of hydrogen-bond donors (Lipinski definition) is 2. The van der Waals surface area contributed by atoms with Crippen LogP contribution in [0.1, 0.15) is 23.5 Å². The molecule has 1 aliphatic carbocycles. The molecule has 1 aromatic heterocycles. The molecule has 5 heteroatoms. The van der Waals surface area contributed by atoms with Crippen LogP contribution in [0.5, 0.6) is 0 Å². The van der Waals surface area contributed by atoms with Crippen molar-refractivity contribution in [2.24, 2.45) is 5.73 Å². The predicted octanol–water partition coefficient (Wildman–Crippen LogP) is 2.93. The van der Waals surface area contributed by atoms with Gasteiger partial charge in [-0.25, -0.2) is 4.98 Å². The van der Waals surface area contributed by atoms with Crippen molar-refractivity contribution in [3.05, 3.63) is 53.7 Å². The minimum Gasteiger partial charge on any atom is -0.340 e. The number of nitrogens with zero attached hydrogens (tertiary/aromatic N) is 2. The first-order chi connectivity index (χ1) is 9.26. The summed E-state index contributed by atoms with van der Waals surface area (Å²) in [5, 5.41) is 12.0. The lowest BCUT2D eigenvalue weighted by Crippen LogP contribution is -2.01. The predicted molar refractivity (Wildman–Crippen MR) is 81.3 cm³/mol. The second-order valence-corrected chi connectivity index (χ2v) is 4.80. The molecule has 0 bridgehead atoms. The van der Waals surface area contributed by atoms with Crippen molar-refractivity contribution < 1.29 is 0 Å². The molecule has 0 amide bonds. The van der Waals surface area contributed by atoms with E-state index >= 15 is 0 Å². The summed E-state index contributed by atoms with van der Waals surface area (Å²) in [5.41, 5.74) is 8.51. The highest BCUT2D eigenvalue weighted by molar-refractivity contribution is 5.85. The monoisotopic (exact) mass is 286 g/mol. The van der Waals surface area contributed by atoms with Gasteiger partial charge in [0.05, 0.1) is 11.6 Å². The summed E-state index contributed by atoms with van der Waals surface area (Å²) in [4.78, 5) is 4.38. The molecule has 2 unspecified atom stereocenters. The second-order valence-electron chi connectivity index (χ2n) is 4.80. The topological polar surface area (TPSA) is 74.7 Å². The van der Waals surface area contributed by atoms with Crippen LogP contribution in [0.3, 0.4) is 0 Å². The Labute approximate surface area is 124 Å². The molecule has 20 heavy (non-hydrogen) atoms. The molecule has 1 aromatic carbocycles. The average molecular weight is 287 g/mol. The van der Waals surface area contributed by atoms with Crippen molar-refractivity contribution in [3.63, 3.8) is 0 Å². The van der Waals surface area contributed by atoms with Crippen molar-refractivity contribution >= 4 is 23.9 Å². The Kier molecular flexibility index (Phi) is 4.23. The first-order valence-electron chi connectivity index (χ1n) is 6.25. The molecule has 4 nitrogen and oxygen atoms in total. The maximum Gasteiger partial charge on any atom is 0.130 e. The number of benzene rings is 1. The first kappa shape index (κ1) is 14.3. The molecule has 1 saturated carbocycles. The van der Waals surface area contributed by atoms with Gasteiger partial charge in [-0.15, -0.1) is 12.4 Å². The lowest BCUT2D eigenvalue weighted by Gasteiger charge is -2.06. The van der Waals surface area contributed by atoms with Crippen LogP contribution in [0, 0.1) is 11.3 Å². The Morgan fingerprint density at radius 2 is 2.10 bits per heavy atom. The van der Waals surface area contributed by atoms with E-state index in [0.717, 1.165) is 17.9 Å². The van der Waals surface area contributed by atoms with Crippen molar-refractivity contribution in [1.29, 1.82) is 5.26 Å². The highest BCUT2D eigenvalue weighted by Gasteiger charge is 2.34. The van der Waals surface area contributed by atoms with Gasteiger partial charge in [-0.05, 0) is 36.2 Å². The standard InChI is InChI=1S/C15H14N4.ClH/c16-8-10-2-1-3-12(6-10)19-15-5-4-11(9-18-15)13-7-14(13)17;/h1-6,9,13-14H,7,17H2,(H,18,19);1H. The third kappa shape index (κ3) is 3.08. The lowest BCUT2D eigenvalue weighted by atomic mass is 10.2. The van der Waals surface area contributed by atoms with Crippen molar-refractivity contribution in [3.8, 4) is 6.07 Å². The molecular weight excluding hydrogens is 272 g/mol.